The zero-order valence-electron chi connectivity index (χ0n) is 13.0. The second-order valence-electron chi connectivity index (χ2n) is 5.54. The Balaban J connectivity index is 2.34. The van der Waals surface area contributed by atoms with E-state index in [1.807, 2.05) is 44.2 Å². The van der Waals surface area contributed by atoms with Crippen molar-refractivity contribution >= 4 is 5.82 Å². The van der Waals surface area contributed by atoms with Gasteiger partial charge in [-0.05, 0) is 49.2 Å². The summed E-state index contributed by atoms with van der Waals surface area (Å²) < 4.78 is 2.47. The van der Waals surface area contributed by atoms with Crippen LogP contribution in [0.4, 0.5) is 5.82 Å². The lowest BCUT2D eigenvalue weighted by Crippen LogP contribution is -2.38. The normalized spacial score (nSPS) is 10.7. The molecule has 3 rings (SSSR count). The van der Waals surface area contributed by atoms with Gasteiger partial charge >= 0.3 is 5.69 Å². The molecular weight excluding hydrogens is 290 g/mol. The molecule has 0 spiro atoms. The predicted molar refractivity (Wildman–Crippen MR) is 91.5 cm³/mol. The SMILES string of the molecule is Cc1cccc(-n2c(N)cc(=O)n(-c3cccc(C)c3)c2=O)c1. The van der Waals surface area contributed by atoms with Gasteiger partial charge in [0.25, 0.3) is 5.56 Å². The van der Waals surface area contributed by atoms with Crippen molar-refractivity contribution in [3.63, 3.8) is 0 Å². The molecule has 0 amide bonds. The Morgan fingerprint density at radius 1 is 0.783 bits per heavy atom. The molecule has 0 radical (unpaired) electrons. The third-order valence-corrected chi connectivity index (χ3v) is 3.65. The summed E-state index contributed by atoms with van der Waals surface area (Å²) in [4.78, 5) is 25.2. The van der Waals surface area contributed by atoms with Gasteiger partial charge in [0.1, 0.15) is 5.82 Å². The van der Waals surface area contributed by atoms with Crippen molar-refractivity contribution in [2.75, 3.05) is 5.73 Å². The van der Waals surface area contributed by atoms with Gasteiger partial charge in [-0.1, -0.05) is 24.3 Å². The zero-order valence-corrected chi connectivity index (χ0v) is 13.0. The molecule has 1 aromatic heterocycles. The monoisotopic (exact) mass is 307 g/mol. The molecular formula is C18H17N3O2. The van der Waals surface area contributed by atoms with Crippen molar-refractivity contribution in [2.45, 2.75) is 13.8 Å². The first-order valence-corrected chi connectivity index (χ1v) is 7.26. The zero-order chi connectivity index (χ0) is 16.6. The van der Waals surface area contributed by atoms with Crippen molar-refractivity contribution in [3.05, 3.63) is 86.6 Å². The lowest BCUT2D eigenvalue weighted by atomic mass is 10.2. The van der Waals surface area contributed by atoms with E-state index in [1.165, 1.54) is 10.6 Å². The molecule has 5 heteroatoms. The molecule has 5 nitrogen and oxygen atoms in total. The minimum Gasteiger partial charge on any atom is -0.385 e. The van der Waals surface area contributed by atoms with E-state index in [0.717, 1.165) is 15.7 Å². The quantitative estimate of drug-likeness (QED) is 0.789. The average Bonchev–Trinajstić information content (AvgIpc) is 2.47. The molecule has 0 aliphatic carbocycles. The van der Waals surface area contributed by atoms with Crippen LogP contribution in [0.5, 0.6) is 0 Å². The molecule has 3 aromatic rings. The van der Waals surface area contributed by atoms with Crippen LogP contribution in [0.1, 0.15) is 11.1 Å². The number of benzene rings is 2. The molecule has 0 atom stereocenters. The summed E-state index contributed by atoms with van der Waals surface area (Å²) in [6, 6.07) is 15.9. The summed E-state index contributed by atoms with van der Waals surface area (Å²) in [6.45, 7) is 3.84. The fourth-order valence-corrected chi connectivity index (χ4v) is 2.59. The van der Waals surface area contributed by atoms with E-state index >= 15 is 0 Å². The Morgan fingerprint density at radius 2 is 1.30 bits per heavy atom. The van der Waals surface area contributed by atoms with Crippen LogP contribution in [0.15, 0.2) is 64.2 Å². The van der Waals surface area contributed by atoms with Crippen LogP contribution in [-0.2, 0) is 0 Å². The fourth-order valence-electron chi connectivity index (χ4n) is 2.59. The Labute approximate surface area is 133 Å². The van der Waals surface area contributed by atoms with Gasteiger partial charge in [-0.15, -0.1) is 0 Å². The molecule has 0 saturated carbocycles. The minimum atomic E-state index is -0.480. The molecule has 0 fully saturated rings. The number of nitrogens with two attached hydrogens (primary N) is 1. The Morgan fingerprint density at radius 3 is 1.83 bits per heavy atom. The van der Waals surface area contributed by atoms with Gasteiger partial charge in [0.05, 0.1) is 11.4 Å². The minimum absolute atomic E-state index is 0.120. The van der Waals surface area contributed by atoms with Crippen LogP contribution in [0.2, 0.25) is 0 Å². The largest absolute Gasteiger partial charge is 0.385 e. The van der Waals surface area contributed by atoms with Crippen molar-refractivity contribution in [1.29, 1.82) is 0 Å². The number of nitrogen functional groups attached to an aromatic ring is 1. The first kappa shape index (κ1) is 14.8. The third-order valence-electron chi connectivity index (χ3n) is 3.65. The maximum absolute atomic E-state index is 12.9. The number of hydrogen-bond donors (Lipinski definition) is 1. The highest BCUT2D eigenvalue weighted by Crippen LogP contribution is 2.12. The van der Waals surface area contributed by atoms with Gasteiger partial charge in [-0.25, -0.2) is 13.9 Å². The smallest absolute Gasteiger partial charge is 0.341 e. The van der Waals surface area contributed by atoms with Crippen molar-refractivity contribution in [2.24, 2.45) is 0 Å². The summed E-state index contributed by atoms with van der Waals surface area (Å²) in [5.74, 6) is 0.120. The first-order chi connectivity index (χ1) is 11.0. The third kappa shape index (κ3) is 2.68. The highest BCUT2D eigenvalue weighted by molar-refractivity contribution is 5.45. The molecule has 0 aliphatic heterocycles. The fraction of sp³-hybridized carbons (Fsp3) is 0.111. The lowest BCUT2D eigenvalue weighted by Gasteiger charge is -2.13. The van der Waals surface area contributed by atoms with E-state index in [-0.39, 0.29) is 5.82 Å². The standard InChI is InChI=1S/C18H17N3O2/c1-12-5-3-7-14(9-12)20-16(19)11-17(22)21(18(20)23)15-8-4-6-13(2)10-15/h3-11H,19H2,1-2H3. The van der Waals surface area contributed by atoms with Crippen molar-refractivity contribution in [1.82, 2.24) is 9.13 Å². The van der Waals surface area contributed by atoms with Crippen LogP contribution in [0, 0.1) is 13.8 Å². The van der Waals surface area contributed by atoms with Crippen molar-refractivity contribution in [3.8, 4) is 11.4 Å². The molecule has 0 saturated heterocycles. The summed E-state index contributed by atoms with van der Waals surface area (Å²) in [5.41, 5.74) is 8.14. The van der Waals surface area contributed by atoms with E-state index in [9.17, 15) is 9.59 Å². The summed E-state index contributed by atoms with van der Waals surface area (Å²) in [7, 11) is 0. The number of hydrogen-bond acceptors (Lipinski definition) is 3. The predicted octanol–water partition coefficient (Wildman–Crippen LogP) is 2.19. The van der Waals surface area contributed by atoms with Gasteiger partial charge < -0.3 is 5.73 Å². The molecule has 0 unspecified atom stereocenters. The molecule has 1 heterocycles. The first-order valence-electron chi connectivity index (χ1n) is 7.26. The number of aromatic nitrogens is 2. The van der Waals surface area contributed by atoms with Crippen LogP contribution in [0.25, 0.3) is 11.4 Å². The van der Waals surface area contributed by atoms with E-state index in [4.69, 9.17) is 5.73 Å². The molecule has 23 heavy (non-hydrogen) atoms. The van der Waals surface area contributed by atoms with Crippen LogP contribution >= 0.6 is 0 Å². The van der Waals surface area contributed by atoms with Crippen molar-refractivity contribution < 1.29 is 0 Å². The Hall–Kier alpha value is -3.08. The number of nitrogens with zero attached hydrogens (tertiary/aromatic N) is 2. The van der Waals surface area contributed by atoms with Gasteiger partial charge in [0.2, 0.25) is 0 Å². The van der Waals surface area contributed by atoms with E-state index < -0.39 is 11.2 Å². The van der Waals surface area contributed by atoms with E-state index in [2.05, 4.69) is 0 Å². The maximum atomic E-state index is 12.9. The van der Waals surface area contributed by atoms with Gasteiger partial charge in [-0.3, -0.25) is 4.79 Å². The molecule has 2 aromatic carbocycles. The Kier molecular flexibility index (Phi) is 3.62. The van der Waals surface area contributed by atoms with Gasteiger partial charge in [0.15, 0.2) is 0 Å². The second kappa shape index (κ2) is 5.61. The molecule has 2 N–H and O–H groups in total. The van der Waals surface area contributed by atoms with Crippen LogP contribution in [0.3, 0.4) is 0 Å². The highest BCUT2D eigenvalue weighted by Gasteiger charge is 2.12. The van der Waals surface area contributed by atoms with Gasteiger partial charge in [-0.2, -0.15) is 0 Å². The van der Waals surface area contributed by atoms with Crippen LogP contribution < -0.4 is 17.0 Å². The average molecular weight is 307 g/mol. The number of rotatable bonds is 2. The summed E-state index contributed by atoms with van der Waals surface area (Å²) in [6.07, 6.45) is 0. The molecule has 0 bridgehead atoms. The maximum Gasteiger partial charge on any atom is 0.341 e. The number of anilines is 1. The van der Waals surface area contributed by atoms with E-state index in [1.54, 1.807) is 18.2 Å². The topological polar surface area (TPSA) is 70.0 Å². The second-order valence-corrected chi connectivity index (χ2v) is 5.54. The summed E-state index contributed by atoms with van der Waals surface area (Å²) in [5, 5.41) is 0. The van der Waals surface area contributed by atoms with Gasteiger partial charge in [0, 0.05) is 6.07 Å². The highest BCUT2D eigenvalue weighted by atomic mass is 16.2. The van der Waals surface area contributed by atoms with Crippen LogP contribution in [-0.4, -0.2) is 9.13 Å². The Bertz CT molecular complexity index is 1000. The van der Waals surface area contributed by atoms with E-state index in [0.29, 0.717) is 11.4 Å². The lowest BCUT2D eigenvalue weighted by molar-refractivity contribution is 0.809. The molecule has 116 valence electrons. The molecule has 0 aliphatic rings. The number of aryl methyl sites for hydroxylation is 2. The summed E-state index contributed by atoms with van der Waals surface area (Å²) >= 11 is 0.